The second kappa shape index (κ2) is 8.99. The average molecular weight is 402 g/mol. The van der Waals surface area contributed by atoms with Crippen LogP contribution in [0.1, 0.15) is 58.6 Å². The van der Waals surface area contributed by atoms with Gasteiger partial charge in [0.25, 0.3) is 11.8 Å². The normalized spacial score (nSPS) is 17.0. The van der Waals surface area contributed by atoms with E-state index >= 15 is 0 Å². The summed E-state index contributed by atoms with van der Waals surface area (Å²) in [5, 5.41) is 2.80. The molecule has 5 heteroatoms. The highest BCUT2D eigenvalue weighted by atomic mass is 16.3. The molecule has 0 radical (unpaired) electrons. The molecule has 5 nitrogen and oxygen atoms in total. The molecule has 2 atom stereocenters. The number of rotatable bonds is 6. The predicted octanol–water partition coefficient (Wildman–Crippen LogP) is 5.33. The second-order valence-corrected chi connectivity index (χ2v) is 7.65. The van der Waals surface area contributed by atoms with Gasteiger partial charge in [0, 0.05) is 29.8 Å². The lowest BCUT2D eigenvalue weighted by molar-refractivity contribution is 0.0714. The summed E-state index contributed by atoms with van der Waals surface area (Å²) >= 11 is 0. The van der Waals surface area contributed by atoms with Crippen LogP contribution in [0.15, 0.2) is 77.4 Å². The molecule has 30 heavy (non-hydrogen) atoms. The highest BCUT2D eigenvalue weighted by Crippen LogP contribution is 2.34. The Hall–Kier alpha value is -3.34. The molecule has 0 aliphatic carbocycles. The molecule has 1 fully saturated rings. The van der Waals surface area contributed by atoms with Crippen molar-refractivity contribution in [1.82, 2.24) is 4.90 Å². The first-order valence-electron chi connectivity index (χ1n) is 10.5. The van der Waals surface area contributed by atoms with Crippen LogP contribution in [0.5, 0.6) is 0 Å². The molecule has 1 aliphatic heterocycles. The first-order chi connectivity index (χ1) is 14.7. The van der Waals surface area contributed by atoms with Gasteiger partial charge in [0.05, 0.1) is 6.26 Å². The Morgan fingerprint density at radius 2 is 1.93 bits per heavy atom. The van der Waals surface area contributed by atoms with Gasteiger partial charge in [-0.25, -0.2) is 0 Å². The van der Waals surface area contributed by atoms with Crippen molar-refractivity contribution in [3.8, 4) is 0 Å². The summed E-state index contributed by atoms with van der Waals surface area (Å²) in [6, 6.07) is 21.0. The van der Waals surface area contributed by atoms with Gasteiger partial charge in [0.2, 0.25) is 0 Å². The maximum absolute atomic E-state index is 13.4. The first-order valence-corrected chi connectivity index (χ1v) is 10.5. The monoisotopic (exact) mass is 402 g/mol. The molecule has 0 spiro atoms. The van der Waals surface area contributed by atoms with E-state index < -0.39 is 0 Å². The number of hydrogen-bond acceptors (Lipinski definition) is 3. The predicted molar refractivity (Wildman–Crippen MR) is 117 cm³/mol. The van der Waals surface area contributed by atoms with Crippen LogP contribution in [-0.2, 0) is 0 Å². The number of nitrogens with one attached hydrogen (secondary N) is 1. The van der Waals surface area contributed by atoms with E-state index in [-0.39, 0.29) is 23.6 Å². The number of benzene rings is 2. The molecule has 1 N–H and O–H groups in total. The molecule has 1 aromatic heterocycles. The number of amides is 2. The van der Waals surface area contributed by atoms with Crippen LogP contribution in [0, 0.1) is 0 Å². The summed E-state index contributed by atoms with van der Waals surface area (Å²) in [4.78, 5) is 27.6. The lowest BCUT2D eigenvalue weighted by Crippen LogP contribution is -2.39. The summed E-state index contributed by atoms with van der Waals surface area (Å²) in [5.41, 5.74) is 2.44. The number of furan rings is 1. The summed E-state index contributed by atoms with van der Waals surface area (Å²) in [7, 11) is 0. The topological polar surface area (TPSA) is 62.6 Å². The van der Waals surface area contributed by atoms with Crippen molar-refractivity contribution in [2.45, 2.75) is 38.1 Å². The first kappa shape index (κ1) is 20.0. The van der Waals surface area contributed by atoms with E-state index in [2.05, 4.69) is 36.5 Å². The Morgan fingerprint density at radius 3 is 2.67 bits per heavy atom. The van der Waals surface area contributed by atoms with Crippen LogP contribution < -0.4 is 5.32 Å². The molecular formula is C25H26N2O3. The SMILES string of the molecule is CC[C@H](c1ccccc1)[C@H]1CCCN1C(=O)c1cccc(NC(=O)c2ccco2)c1. The molecular weight excluding hydrogens is 376 g/mol. The minimum Gasteiger partial charge on any atom is -0.459 e. The van der Waals surface area contributed by atoms with Crippen molar-refractivity contribution < 1.29 is 14.0 Å². The highest BCUT2D eigenvalue weighted by molar-refractivity contribution is 6.03. The van der Waals surface area contributed by atoms with Gasteiger partial charge in [-0.1, -0.05) is 43.3 Å². The van der Waals surface area contributed by atoms with Gasteiger partial charge < -0.3 is 14.6 Å². The van der Waals surface area contributed by atoms with E-state index in [4.69, 9.17) is 4.42 Å². The maximum Gasteiger partial charge on any atom is 0.291 e. The van der Waals surface area contributed by atoms with Crippen molar-refractivity contribution in [2.24, 2.45) is 0 Å². The zero-order valence-corrected chi connectivity index (χ0v) is 17.1. The summed E-state index contributed by atoms with van der Waals surface area (Å²) < 4.78 is 5.13. The number of carbonyl (C=O) groups excluding carboxylic acids is 2. The number of nitrogens with zero attached hydrogens (tertiary/aromatic N) is 1. The summed E-state index contributed by atoms with van der Waals surface area (Å²) in [6.45, 7) is 2.94. The average Bonchev–Trinajstić information content (AvgIpc) is 3.47. The second-order valence-electron chi connectivity index (χ2n) is 7.65. The van der Waals surface area contributed by atoms with E-state index in [0.29, 0.717) is 17.2 Å². The van der Waals surface area contributed by atoms with E-state index in [0.717, 1.165) is 25.8 Å². The number of hydrogen-bond donors (Lipinski definition) is 1. The van der Waals surface area contributed by atoms with Crippen LogP contribution >= 0.6 is 0 Å². The fraction of sp³-hybridized carbons (Fsp3) is 0.280. The van der Waals surface area contributed by atoms with Gasteiger partial charge >= 0.3 is 0 Å². The Bertz CT molecular complexity index is 998. The summed E-state index contributed by atoms with van der Waals surface area (Å²) in [5.74, 6) is 0.235. The third-order valence-corrected chi connectivity index (χ3v) is 5.80. The molecule has 2 aromatic carbocycles. The standard InChI is InChI=1S/C25H26N2O3/c1-2-21(18-9-4-3-5-10-18)22-13-7-15-27(22)25(29)19-11-6-12-20(17-19)26-24(28)23-14-8-16-30-23/h3-6,8-12,14,16-17,21-22H,2,7,13,15H2,1H3,(H,26,28)/t21-,22-/m1/s1. The lowest BCUT2D eigenvalue weighted by Gasteiger charge is -2.32. The fourth-order valence-electron chi connectivity index (χ4n) is 4.39. The molecule has 3 aromatic rings. The van der Waals surface area contributed by atoms with E-state index in [1.54, 1.807) is 30.3 Å². The number of carbonyl (C=O) groups is 2. The smallest absolute Gasteiger partial charge is 0.291 e. The molecule has 2 heterocycles. The molecule has 1 aliphatic rings. The van der Waals surface area contributed by atoms with Gasteiger partial charge in [-0.05, 0) is 55.2 Å². The summed E-state index contributed by atoms with van der Waals surface area (Å²) in [6.07, 6.45) is 4.46. The van der Waals surface area contributed by atoms with E-state index in [9.17, 15) is 9.59 Å². The van der Waals surface area contributed by atoms with Crippen LogP contribution in [0.3, 0.4) is 0 Å². The number of likely N-dealkylation sites (tertiary alicyclic amines) is 1. The van der Waals surface area contributed by atoms with E-state index in [1.165, 1.54) is 11.8 Å². The Balaban J connectivity index is 1.52. The van der Waals surface area contributed by atoms with Crippen molar-refractivity contribution in [3.05, 3.63) is 89.9 Å². The van der Waals surface area contributed by atoms with Gasteiger partial charge in [0.1, 0.15) is 0 Å². The quantitative estimate of drug-likeness (QED) is 0.606. The van der Waals surface area contributed by atoms with Crippen LogP contribution in [0.25, 0.3) is 0 Å². The molecule has 0 bridgehead atoms. The van der Waals surface area contributed by atoms with E-state index in [1.807, 2.05) is 17.0 Å². The Morgan fingerprint density at radius 1 is 1.10 bits per heavy atom. The molecule has 154 valence electrons. The Labute approximate surface area is 176 Å². The molecule has 0 unspecified atom stereocenters. The molecule has 2 amide bonds. The Kier molecular flexibility index (Phi) is 5.98. The molecule has 4 rings (SSSR count). The van der Waals surface area contributed by atoms with Crippen molar-refractivity contribution >= 4 is 17.5 Å². The largest absolute Gasteiger partial charge is 0.459 e. The maximum atomic E-state index is 13.4. The van der Waals surface area contributed by atoms with Crippen LogP contribution in [0.2, 0.25) is 0 Å². The third-order valence-electron chi connectivity index (χ3n) is 5.80. The highest BCUT2D eigenvalue weighted by Gasteiger charge is 2.35. The zero-order chi connectivity index (χ0) is 20.9. The van der Waals surface area contributed by atoms with Crippen molar-refractivity contribution in [2.75, 3.05) is 11.9 Å². The minimum absolute atomic E-state index is 0.0148. The van der Waals surface area contributed by atoms with Gasteiger partial charge in [-0.2, -0.15) is 0 Å². The van der Waals surface area contributed by atoms with Crippen molar-refractivity contribution in [1.29, 1.82) is 0 Å². The number of anilines is 1. The van der Waals surface area contributed by atoms with Gasteiger partial charge in [-0.3, -0.25) is 9.59 Å². The van der Waals surface area contributed by atoms with Crippen LogP contribution in [-0.4, -0.2) is 29.3 Å². The molecule has 0 saturated carbocycles. The zero-order valence-electron chi connectivity index (χ0n) is 17.1. The van der Waals surface area contributed by atoms with Crippen molar-refractivity contribution in [3.63, 3.8) is 0 Å². The van der Waals surface area contributed by atoms with Gasteiger partial charge in [-0.15, -0.1) is 0 Å². The van der Waals surface area contributed by atoms with Gasteiger partial charge in [0.15, 0.2) is 5.76 Å². The fourth-order valence-corrected chi connectivity index (χ4v) is 4.39. The third kappa shape index (κ3) is 4.15. The lowest BCUT2D eigenvalue weighted by atomic mass is 9.87. The minimum atomic E-state index is -0.334. The van der Waals surface area contributed by atoms with Crippen LogP contribution in [0.4, 0.5) is 5.69 Å². The molecule has 1 saturated heterocycles.